The van der Waals surface area contributed by atoms with Crippen molar-refractivity contribution in [3.63, 3.8) is 0 Å². The highest BCUT2D eigenvalue weighted by Crippen LogP contribution is 2.33. The van der Waals surface area contributed by atoms with Gasteiger partial charge in [-0.1, -0.05) is 12.1 Å². The minimum absolute atomic E-state index is 0.0666. The van der Waals surface area contributed by atoms with Crippen molar-refractivity contribution in [1.29, 1.82) is 0 Å². The van der Waals surface area contributed by atoms with Crippen LogP contribution in [0.2, 0.25) is 0 Å². The number of fused-ring (bicyclic) bond motifs is 2. The number of unbranched alkanes of at least 4 members (excludes halogenated alkanes) is 1. The molecule has 5 rings (SSSR count). The maximum atomic E-state index is 13.5. The summed E-state index contributed by atoms with van der Waals surface area (Å²) in [5.74, 6) is 0.616. The van der Waals surface area contributed by atoms with Crippen LogP contribution in [-0.2, 0) is 0 Å². The van der Waals surface area contributed by atoms with Crippen molar-refractivity contribution in [3.05, 3.63) is 69.3 Å². The average molecular weight is 407 g/mol. The number of nitrogens with one attached hydrogen (secondary N) is 1. The van der Waals surface area contributed by atoms with E-state index in [0.717, 1.165) is 23.9 Å². The molecule has 1 aliphatic carbocycles. The van der Waals surface area contributed by atoms with E-state index in [4.69, 9.17) is 4.98 Å². The molecule has 3 aromatic heterocycles. The molecule has 1 N–H and O–H groups in total. The number of nitrogens with zero attached hydrogens (tertiary/aromatic N) is 4. The van der Waals surface area contributed by atoms with Gasteiger partial charge in [0.1, 0.15) is 11.5 Å². The van der Waals surface area contributed by atoms with Crippen LogP contribution in [0, 0.1) is 0 Å². The Kier molecular flexibility index (Phi) is 4.69. The number of pyridine rings is 1. The van der Waals surface area contributed by atoms with Crippen LogP contribution < -0.4 is 11.2 Å². The molecule has 0 bridgehead atoms. The van der Waals surface area contributed by atoms with Crippen LogP contribution in [0.15, 0.2) is 52.2 Å². The summed E-state index contributed by atoms with van der Waals surface area (Å²) in [6.07, 6.45) is 4.71. The molecule has 0 radical (unpaired) electrons. The molecule has 1 aliphatic rings. The molecule has 0 spiro atoms. The minimum Gasteiger partial charge on any atom is -0.340 e. The molecule has 1 fully saturated rings. The number of benzene rings is 1. The Morgan fingerprint density at radius 1 is 1.13 bits per heavy atom. The molecule has 1 atom stereocenters. The first-order valence-corrected chi connectivity index (χ1v) is 10.3. The topological polar surface area (TPSA) is 85.6 Å². The van der Waals surface area contributed by atoms with Gasteiger partial charge in [-0.05, 0) is 56.4 Å². The largest absolute Gasteiger partial charge is 0.340 e. The molecule has 4 aromatic rings. The molecule has 30 heavy (non-hydrogen) atoms. The van der Waals surface area contributed by atoms with Crippen LogP contribution in [0.1, 0.15) is 50.0 Å². The van der Waals surface area contributed by atoms with E-state index in [1.165, 1.54) is 4.57 Å². The maximum absolute atomic E-state index is 13.5. The van der Waals surface area contributed by atoms with Gasteiger partial charge < -0.3 is 4.98 Å². The average Bonchev–Trinajstić information content (AvgIpc) is 3.49. The van der Waals surface area contributed by atoms with Crippen LogP contribution in [0.5, 0.6) is 0 Å². The van der Waals surface area contributed by atoms with Crippen LogP contribution in [0.25, 0.3) is 22.1 Å². The highest BCUT2D eigenvalue weighted by Gasteiger charge is 2.31. The number of halogens is 1. The molecule has 1 saturated carbocycles. The lowest BCUT2D eigenvalue weighted by Gasteiger charge is -2.21. The number of H-pyrrole nitrogens is 1. The second kappa shape index (κ2) is 7.51. The first-order valence-electron chi connectivity index (χ1n) is 10.3. The van der Waals surface area contributed by atoms with Gasteiger partial charge in [-0.2, -0.15) is 0 Å². The third-order valence-corrected chi connectivity index (χ3v) is 5.68. The van der Waals surface area contributed by atoms with Crippen molar-refractivity contribution in [3.8, 4) is 0 Å². The molecule has 1 aromatic carbocycles. The lowest BCUT2D eigenvalue weighted by molar-refractivity contribution is 0.418. The number of alkyl halides is 1. The summed E-state index contributed by atoms with van der Waals surface area (Å²) >= 11 is 0. The summed E-state index contributed by atoms with van der Waals surface area (Å²) in [5, 5.41) is 0.413. The van der Waals surface area contributed by atoms with E-state index in [2.05, 4.69) is 9.97 Å². The van der Waals surface area contributed by atoms with Crippen LogP contribution in [-0.4, -0.2) is 30.8 Å². The summed E-state index contributed by atoms with van der Waals surface area (Å²) in [7, 11) is 0. The molecule has 0 saturated heterocycles. The van der Waals surface area contributed by atoms with Gasteiger partial charge in [0.05, 0.1) is 29.1 Å². The second-order valence-electron chi connectivity index (χ2n) is 7.77. The molecule has 1 unspecified atom stereocenters. The van der Waals surface area contributed by atoms with Gasteiger partial charge in [-0.3, -0.25) is 18.3 Å². The first-order chi connectivity index (χ1) is 14.7. The Labute approximate surface area is 171 Å². The molecule has 154 valence electrons. The van der Waals surface area contributed by atoms with E-state index in [1.807, 2.05) is 24.3 Å². The summed E-state index contributed by atoms with van der Waals surface area (Å²) in [5.41, 5.74) is 1.33. The molecular weight excluding hydrogens is 385 g/mol. The number of rotatable bonds is 7. The van der Waals surface area contributed by atoms with Crippen molar-refractivity contribution >= 4 is 22.1 Å². The van der Waals surface area contributed by atoms with Gasteiger partial charge in [0.2, 0.25) is 0 Å². The summed E-state index contributed by atoms with van der Waals surface area (Å²) < 4.78 is 15.8. The van der Waals surface area contributed by atoms with E-state index in [1.54, 1.807) is 22.9 Å². The normalized spacial score (nSPS) is 15.1. The lowest BCUT2D eigenvalue weighted by Crippen LogP contribution is -2.42. The third kappa shape index (κ3) is 3.12. The van der Waals surface area contributed by atoms with E-state index < -0.39 is 12.7 Å². The monoisotopic (exact) mass is 407 g/mol. The minimum atomic E-state index is -0.473. The number of aromatic nitrogens is 5. The molecule has 8 heteroatoms. The Balaban J connectivity index is 1.76. The standard InChI is InChI=1S/C22H22FN5O2/c23-12-4-3-9-18(19-25-16-7-1-2-8-17(16)26-19)28-20-15(6-5-13-24-20)21(29)27(22(28)30)14-10-11-14/h1-2,5-8,13-14,18H,3-4,9-12H2,(H,25,26). The molecule has 7 nitrogen and oxygen atoms in total. The van der Waals surface area contributed by atoms with Crippen molar-refractivity contribution < 1.29 is 4.39 Å². The Morgan fingerprint density at radius 2 is 1.97 bits per heavy atom. The number of aromatic amines is 1. The zero-order chi connectivity index (χ0) is 20.7. The smallest absolute Gasteiger partial charge is 0.333 e. The second-order valence-corrected chi connectivity index (χ2v) is 7.77. The summed E-state index contributed by atoms with van der Waals surface area (Å²) in [6.45, 7) is -0.414. The van der Waals surface area contributed by atoms with Gasteiger partial charge in [-0.25, -0.2) is 14.8 Å². The van der Waals surface area contributed by atoms with Crippen molar-refractivity contribution in [2.75, 3.05) is 6.67 Å². The van der Waals surface area contributed by atoms with Gasteiger partial charge in [0, 0.05) is 12.2 Å². The van der Waals surface area contributed by atoms with Gasteiger partial charge >= 0.3 is 5.69 Å². The third-order valence-electron chi connectivity index (χ3n) is 5.68. The van der Waals surface area contributed by atoms with E-state index in [9.17, 15) is 14.0 Å². The number of hydrogen-bond donors (Lipinski definition) is 1. The van der Waals surface area contributed by atoms with Gasteiger partial charge in [-0.15, -0.1) is 0 Å². The Morgan fingerprint density at radius 3 is 2.73 bits per heavy atom. The van der Waals surface area contributed by atoms with Crippen LogP contribution in [0.4, 0.5) is 4.39 Å². The quantitative estimate of drug-likeness (QED) is 0.475. The maximum Gasteiger partial charge on any atom is 0.333 e. The van der Waals surface area contributed by atoms with Crippen molar-refractivity contribution in [2.45, 2.75) is 44.2 Å². The highest BCUT2D eigenvalue weighted by molar-refractivity contribution is 5.76. The van der Waals surface area contributed by atoms with Gasteiger partial charge in [0.25, 0.3) is 5.56 Å². The van der Waals surface area contributed by atoms with E-state index >= 15 is 0 Å². The molecular formula is C22H22FN5O2. The fourth-order valence-corrected chi connectivity index (χ4v) is 4.07. The molecule has 0 amide bonds. The number of para-hydroxylation sites is 2. The fourth-order valence-electron chi connectivity index (χ4n) is 4.07. The SMILES string of the molecule is O=c1c2cccnc2n(C(CCCCF)c2nc3ccccc3[nH]2)c(=O)n1C1CC1. The predicted octanol–water partition coefficient (Wildman–Crippen LogP) is 3.50. The number of imidazole rings is 1. The Bertz CT molecular complexity index is 1300. The first kappa shape index (κ1) is 18.7. The molecule has 3 heterocycles. The van der Waals surface area contributed by atoms with E-state index in [0.29, 0.717) is 36.1 Å². The van der Waals surface area contributed by atoms with Gasteiger partial charge in [0.15, 0.2) is 0 Å². The van der Waals surface area contributed by atoms with Crippen molar-refractivity contribution in [1.82, 2.24) is 24.1 Å². The zero-order valence-corrected chi connectivity index (χ0v) is 16.4. The molecule has 0 aliphatic heterocycles. The highest BCUT2D eigenvalue weighted by atomic mass is 19.1. The van der Waals surface area contributed by atoms with Crippen LogP contribution in [0.3, 0.4) is 0 Å². The summed E-state index contributed by atoms with van der Waals surface area (Å²) in [4.78, 5) is 38.9. The zero-order valence-electron chi connectivity index (χ0n) is 16.4. The Hall–Kier alpha value is -3.29. The van der Waals surface area contributed by atoms with E-state index in [-0.39, 0.29) is 17.3 Å². The van der Waals surface area contributed by atoms with Crippen molar-refractivity contribution in [2.24, 2.45) is 0 Å². The number of hydrogen-bond acceptors (Lipinski definition) is 4. The van der Waals surface area contributed by atoms with Crippen LogP contribution >= 0.6 is 0 Å². The lowest BCUT2D eigenvalue weighted by atomic mass is 10.1. The fraction of sp³-hybridized carbons (Fsp3) is 0.364. The predicted molar refractivity (Wildman–Crippen MR) is 113 cm³/mol. The summed E-state index contributed by atoms with van der Waals surface area (Å²) in [6, 6.07) is 10.5.